The van der Waals surface area contributed by atoms with Crippen molar-refractivity contribution in [3.05, 3.63) is 0 Å². The SMILES string of the molecule is C#CCC(C)NS(=O)(=O)CC1CC1. The van der Waals surface area contributed by atoms with E-state index < -0.39 is 10.0 Å². The van der Waals surface area contributed by atoms with E-state index in [0.29, 0.717) is 12.3 Å². The second kappa shape index (κ2) is 4.12. The van der Waals surface area contributed by atoms with Crippen LogP contribution in [-0.2, 0) is 10.0 Å². The molecule has 13 heavy (non-hydrogen) atoms. The molecular formula is C9H15NO2S. The molecule has 74 valence electrons. The van der Waals surface area contributed by atoms with E-state index in [2.05, 4.69) is 10.6 Å². The zero-order valence-corrected chi connectivity index (χ0v) is 8.60. The van der Waals surface area contributed by atoms with Gasteiger partial charge < -0.3 is 0 Å². The minimum atomic E-state index is -3.09. The maximum atomic E-state index is 11.4. The van der Waals surface area contributed by atoms with Crippen molar-refractivity contribution in [2.45, 2.75) is 32.2 Å². The van der Waals surface area contributed by atoms with Crippen LogP contribution in [0.25, 0.3) is 0 Å². The van der Waals surface area contributed by atoms with Crippen LogP contribution in [0.5, 0.6) is 0 Å². The van der Waals surface area contributed by atoms with Crippen LogP contribution in [-0.4, -0.2) is 20.2 Å². The lowest BCUT2D eigenvalue weighted by molar-refractivity contribution is 0.560. The minimum absolute atomic E-state index is 0.145. The highest BCUT2D eigenvalue weighted by Crippen LogP contribution is 2.29. The van der Waals surface area contributed by atoms with Crippen molar-refractivity contribution < 1.29 is 8.42 Å². The number of rotatable bonds is 5. The van der Waals surface area contributed by atoms with E-state index in [1.807, 2.05) is 0 Å². The van der Waals surface area contributed by atoms with Gasteiger partial charge in [0, 0.05) is 12.5 Å². The number of nitrogens with one attached hydrogen (secondary N) is 1. The molecule has 0 aliphatic heterocycles. The van der Waals surface area contributed by atoms with E-state index in [0.717, 1.165) is 12.8 Å². The van der Waals surface area contributed by atoms with E-state index >= 15 is 0 Å². The van der Waals surface area contributed by atoms with Gasteiger partial charge >= 0.3 is 0 Å². The van der Waals surface area contributed by atoms with E-state index in [4.69, 9.17) is 6.42 Å². The lowest BCUT2D eigenvalue weighted by Gasteiger charge is -2.10. The summed E-state index contributed by atoms with van der Waals surface area (Å²) < 4.78 is 25.3. The van der Waals surface area contributed by atoms with Crippen molar-refractivity contribution in [3.8, 4) is 12.3 Å². The van der Waals surface area contributed by atoms with Gasteiger partial charge in [0.25, 0.3) is 0 Å². The van der Waals surface area contributed by atoms with Gasteiger partial charge in [0.15, 0.2) is 0 Å². The molecule has 0 aromatic carbocycles. The summed E-state index contributed by atoms with van der Waals surface area (Å²) in [4.78, 5) is 0. The third-order valence-corrected chi connectivity index (χ3v) is 3.63. The van der Waals surface area contributed by atoms with Gasteiger partial charge in [0.1, 0.15) is 0 Å². The van der Waals surface area contributed by atoms with Crippen LogP contribution in [0.15, 0.2) is 0 Å². The third kappa shape index (κ3) is 4.30. The van der Waals surface area contributed by atoms with Crippen molar-refractivity contribution in [1.82, 2.24) is 4.72 Å². The zero-order valence-electron chi connectivity index (χ0n) is 7.79. The Labute approximate surface area is 80.0 Å². The molecule has 1 fully saturated rings. The van der Waals surface area contributed by atoms with E-state index in [1.165, 1.54) is 0 Å². The predicted octanol–water partition coefficient (Wildman–Crippen LogP) is 0.728. The Balaban J connectivity index is 2.36. The molecular weight excluding hydrogens is 186 g/mol. The molecule has 0 radical (unpaired) electrons. The average molecular weight is 201 g/mol. The molecule has 1 atom stereocenters. The second-order valence-corrected chi connectivity index (χ2v) is 5.45. The molecule has 1 unspecified atom stereocenters. The first-order chi connectivity index (χ1) is 6.03. The molecule has 0 amide bonds. The van der Waals surface area contributed by atoms with Crippen LogP contribution < -0.4 is 4.72 Å². The first-order valence-electron chi connectivity index (χ1n) is 4.47. The maximum Gasteiger partial charge on any atom is 0.212 e. The molecule has 0 spiro atoms. The monoisotopic (exact) mass is 201 g/mol. The Morgan fingerprint density at radius 2 is 2.23 bits per heavy atom. The summed E-state index contributed by atoms with van der Waals surface area (Å²) in [6.07, 6.45) is 7.62. The molecule has 1 rings (SSSR count). The van der Waals surface area contributed by atoms with Crippen molar-refractivity contribution in [3.63, 3.8) is 0 Å². The fourth-order valence-corrected chi connectivity index (χ4v) is 2.91. The van der Waals surface area contributed by atoms with Gasteiger partial charge in [-0.3, -0.25) is 0 Å². The number of hydrogen-bond donors (Lipinski definition) is 1. The van der Waals surface area contributed by atoms with Crippen molar-refractivity contribution in [2.75, 3.05) is 5.75 Å². The van der Waals surface area contributed by atoms with Crippen molar-refractivity contribution in [1.29, 1.82) is 0 Å². The first kappa shape index (κ1) is 10.6. The summed E-state index contributed by atoms with van der Waals surface area (Å²) in [6.45, 7) is 1.78. The number of sulfonamides is 1. The molecule has 0 aromatic heterocycles. The van der Waals surface area contributed by atoms with Gasteiger partial charge in [-0.05, 0) is 25.7 Å². The summed E-state index contributed by atoms with van der Waals surface area (Å²) in [5.74, 6) is 3.08. The van der Waals surface area contributed by atoms with Gasteiger partial charge in [-0.25, -0.2) is 13.1 Å². The first-order valence-corrected chi connectivity index (χ1v) is 6.12. The van der Waals surface area contributed by atoms with Crippen LogP contribution in [0.2, 0.25) is 0 Å². The van der Waals surface area contributed by atoms with E-state index in [1.54, 1.807) is 6.92 Å². The third-order valence-electron chi connectivity index (χ3n) is 1.96. The standard InChI is InChI=1S/C9H15NO2S/c1-3-4-8(2)10-13(11,12)7-9-5-6-9/h1,8-10H,4-7H2,2H3. The van der Waals surface area contributed by atoms with Crippen LogP contribution in [0.3, 0.4) is 0 Å². The van der Waals surface area contributed by atoms with Gasteiger partial charge in [0.05, 0.1) is 5.75 Å². The minimum Gasteiger partial charge on any atom is -0.212 e. The van der Waals surface area contributed by atoms with Crippen molar-refractivity contribution >= 4 is 10.0 Å². The summed E-state index contributed by atoms with van der Waals surface area (Å²) >= 11 is 0. The molecule has 1 saturated carbocycles. The van der Waals surface area contributed by atoms with E-state index in [-0.39, 0.29) is 11.8 Å². The highest BCUT2D eigenvalue weighted by atomic mass is 32.2. The Morgan fingerprint density at radius 3 is 2.69 bits per heavy atom. The van der Waals surface area contributed by atoms with E-state index in [9.17, 15) is 8.42 Å². The zero-order chi connectivity index (χ0) is 9.90. The van der Waals surface area contributed by atoms with Crippen LogP contribution in [0.4, 0.5) is 0 Å². The van der Waals surface area contributed by atoms with Crippen LogP contribution >= 0.6 is 0 Å². The Hall–Kier alpha value is -0.530. The molecule has 0 heterocycles. The fourth-order valence-electron chi connectivity index (χ4n) is 1.17. The highest BCUT2D eigenvalue weighted by molar-refractivity contribution is 7.89. The van der Waals surface area contributed by atoms with Gasteiger partial charge in [0.2, 0.25) is 10.0 Å². The molecule has 0 aromatic rings. The molecule has 0 bridgehead atoms. The second-order valence-electron chi connectivity index (χ2n) is 3.65. The summed E-state index contributed by atoms with van der Waals surface area (Å²) in [5, 5.41) is 0. The molecule has 0 saturated heterocycles. The lowest BCUT2D eigenvalue weighted by atomic mass is 10.3. The highest BCUT2D eigenvalue weighted by Gasteiger charge is 2.28. The van der Waals surface area contributed by atoms with Gasteiger partial charge in [-0.15, -0.1) is 12.3 Å². The average Bonchev–Trinajstić information content (AvgIpc) is 2.69. The Kier molecular flexibility index (Phi) is 3.34. The number of terminal acetylenes is 1. The quantitative estimate of drug-likeness (QED) is 0.666. The molecule has 3 nitrogen and oxygen atoms in total. The van der Waals surface area contributed by atoms with Crippen LogP contribution in [0, 0.1) is 18.3 Å². The summed E-state index contributed by atoms with van der Waals surface area (Å²) in [6, 6.07) is -0.145. The smallest absolute Gasteiger partial charge is 0.212 e. The largest absolute Gasteiger partial charge is 0.212 e. The maximum absolute atomic E-state index is 11.4. The molecule has 1 aliphatic carbocycles. The molecule has 4 heteroatoms. The van der Waals surface area contributed by atoms with Crippen LogP contribution in [0.1, 0.15) is 26.2 Å². The summed E-state index contributed by atoms with van der Waals surface area (Å²) in [5.41, 5.74) is 0. The Bertz CT molecular complexity index is 298. The van der Waals surface area contributed by atoms with Gasteiger partial charge in [-0.2, -0.15) is 0 Å². The number of hydrogen-bond acceptors (Lipinski definition) is 2. The molecule has 1 aliphatic rings. The Morgan fingerprint density at radius 1 is 1.62 bits per heavy atom. The summed E-state index contributed by atoms with van der Waals surface area (Å²) in [7, 11) is -3.09. The lowest BCUT2D eigenvalue weighted by Crippen LogP contribution is -2.34. The topological polar surface area (TPSA) is 46.2 Å². The normalized spacial score (nSPS) is 19.4. The fraction of sp³-hybridized carbons (Fsp3) is 0.778. The van der Waals surface area contributed by atoms with Gasteiger partial charge in [-0.1, -0.05) is 0 Å². The predicted molar refractivity (Wildman–Crippen MR) is 52.6 cm³/mol. The van der Waals surface area contributed by atoms with Crippen molar-refractivity contribution in [2.24, 2.45) is 5.92 Å². The molecule has 1 N–H and O–H groups in total.